The Morgan fingerprint density at radius 1 is 1.14 bits per heavy atom. The van der Waals surface area contributed by atoms with E-state index in [9.17, 15) is 4.79 Å². The van der Waals surface area contributed by atoms with Gasteiger partial charge in [0.2, 0.25) is 0 Å². The van der Waals surface area contributed by atoms with Crippen LogP contribution < -0.4 is 9.47 Å². The van der Waals surface area contributed by atoms with Crippen molar-refractivity contribution in [2.45, 2.75) is 55.8 Å². The maximum atomic E-state index is 13.5. The molecule has 2 aromatic rings. The highest BCUT2D eigenvalue weighted by atomic mass is 16.6. The smallest absolute Gasteiger partial charge is 0.312 e. The number of carbonyl (C=O) groups is 1. The first-order chi connectivity index (χ1) is 18.0. The molecule has 194 valence electrons. The third-order valence-electron chi connectivity index (χ3n) is 10.2. The molecule has 1 unspecified atom stereocenters. The molecule has 8 rings (SSSR count). The Morgan fingerprint density at radius 2 is 1.97 bits per heavy atom. The lowest BCUT2D eigenvalue weighted by atomic mass is 9.37. The standard InChI is InChI=1S/C31H35NO5/c1-4-36-27(33)22-19-29-13-14-31(22,35-3)28-30(29)15-17-32(16-12-20-8-6-5-7-9-20)24(29)18-21-10-11-23(34-2)26(37-28)25(21)30/h5-11,13-14,22,24,28H,4,12,15-19H2,1-3H3/t22-,24-,28?,29-,30+,31-/m1/s1. The summed E-state index contributed by atoms with van der Waals surface area (Å²) in [5.74, 6) is 1.01. The number of hydrogen-bond donors (Lipinski definition) is 0. The van der Waals surface area contributed by atoms with Crippen molar-refractivity contribution in [3.63, 3.8) is 0 Å². The number of piperidine rings is 1. The lowest BCUT2D eigenvalue weighted by Gasteiger charge is -2.70. The number of rotatable bonds is 7. The van der Waals surface area contributed by atoms with E-state index in [-0.39, 0.29) is 28.9 Å². The van der Waals surface area contributed by atoms with Gasteiger partial charge in [-0.25, -0.2) is 0 Å². The number of esters is 1. The molecule has 37 heavy (non-hydrogen) atoms. The van der Waals surface area contributed by atoms with E-state index >= 15 is 0 Å². The molecule has 2 aromatic carbocycles. The van der Waals surface area contributed by atoms with Crippen LogP contribution in [0.3, 0.4) is 0 Å². The Morgan fingerprint density at radius 3 is 2.73 bits per heavy atom. The van der Waals surface area contributed by atoms with Crippen molar-refractivity contribution in [2.24, 2.45) is 11.3 Å². The van der Waals surface area contributed by atoms with Gasteiger partial charge in [0.15, 0.2) is 11.5 Å². The summed E-state index contributed by atoms with van der Waals surface area (Å²) in [6, 6.07) is 15.3. The molecule has 0 amide bonds. The molecule has 1 saturated heterocycles. The topological polar surface area (TPSA) is 57.2 Å². The quantitative estimate of drug-likeness (QED) is 0.421. The van der Waals surface area contributed by atoms with E-state index in [2.05, 4.69) is 53.5 Å². The summed E-state index contributed by atoms with van der Waals surface area (Å²) < 4.78 is 24.7. The van der Waals surface area contributed by atoms with Gasteiger partial charge in [-0.05, 0) is 56.3 Å². The van der Waals surface area contributed by atoms with E-state index in [1.807, 2.05) is 13.0 Å². The first-order valence-corrected chi connectivity index (χ1v) is 13.6. The summed E-state index contributed by atoms with van der Waals surface area (Å²) in [5, 5.41) is 0. The van der Waals surface area contributed by atoms with E-state index in [0.717, 1.165) is 43.9 Å². The number of hydrogen-bond acceptors (Lipinski definition) is 6. The van der Waals surface area contributed by atoms with Crippen LogP contribution in [-0.2, 0) is 32.5 Å². The summed E-state index contributed by atoms with van der Waals surface area (Å²) in [4.78, 5) is 16.2. The summed E-state index contributed by atoms with van der Waals surface area (Å²) >= 11 is 0. The second kappa shape index (κ2) is 8.08. The molecule has 1 saturated carbocycles. The number of likely N-dealkylation sites (tertiary alicyclic amines) is 1. The predicted octanol–water partition coefficient (Wildman–Crippen LogP) is 4.09. The minimum absolute atomic E-state index is 0.186. The lowest BCUT2D eigenvalue weighted by Crippen LogP contribution is -2.79. The van der Waals surface area contributed by atoms with Gasteiger partial charge in [-0.3, -0.25) is 9.69 Å². The molecule has 2 aliphatic heterocycles. The zero-order valence-electron chi connectivity index (χ0n) is 21.9. The molecule has 0 N–H and O–H groups in total. The summed E-state index contributed by atoms with van der Waals surface area (Å²) in [6.45, 7) is 4.21. The fraction of sp³-hybridized carbons (Fsp3) is 0.516. The average molecular weight is 502 g/mol. The molecule has 4 aliphatic carbocycles. The second-order valence-corrected chi connectivity index (χ2v) is 11.3. The zero-order valence-corrected chi connectivity index (χ0v) is 21.9. The van der Waals surface area contributed by atoms with Crippen LogP contribution in [0.5, 0.6) is 11.5 Å². The number of ether oxygens (including phenoxy) is 4. The Bertz CT molecular complexity index is 1280. The predicted molar refractivity (Wildman–Crippen MR) is 139 cm³/mol. The molecule has 6 atom stereocenters. The van der Waals surface area contributed by atoms with Gasteiger partial charge in [0.05, 0.1) is 25.0 Å². The number of methoxy groups -OCH3 is 2. The highest BCUT2D eigenvalue weighted by molar-refractivity contribution is 5.78. The molecular formula is C31H35NO5. The molecule has 2 heterocycles. The summed E-state index contributed by atoms with van der Waals surface area (Å²) in [5.41, 5.74) is 2.63. The second-order valence-electron chi connectivity index (χ2n) is 11.3. The monoisotopic (exact) mass is 501 g/mol. The van der Waals surface area contributed by atoms with Crippen molar-refractivity contribution in [2.75, 3.05) is 33.9 Å². The molecule has 4 bridgehead atoms. The van der Waals surface area contributed by atoms with Crippen LogP contribution in [0.4, 0.5) is 0 Å². The molecule has 0 aromatic heterocycles. The van der Waals surface area contributed by atoms with Crippen molar-refractivity contribution in [3.8, 4) is 11.5 Å². The third kappa shape index (κ3) is 2.75. The molecule has 6 aliphatic rings. The van der Waals surface area contributed by atoms with E-state index in [1.54, 1.807) is 14.2 Å². The molecule has 6 nitrogen and oxygen atoms in total. The highest BCUT2D eigenvalue weighted by Gasteiger charge is 2.80. The van der Waals surface area contributed by atoms with Crippen LogP contribution >= 0.6 is 0 Å². The van der Waals surface area contributed by atoms with Gasteiger partial charge in [0, 0.05) is 30.7 Å². The van der Waals surface area contributed by atoms with Crippen LogP contribution in [0.1, 0.15) is 36.5 Å². The van der Waals surface area contributed by atoms with E-state index in [4.69, 9.17) is 18.9 Å². The van der Waals surface area contributed by atoms with Crippen molar-refractivity contribution < 1.29 is 23.7 Å². The van der Waals surface area contributed by atoms with Crippen molar-refractivity contribution in [1.82, 2.24) is 4.90 Å². The van der Waals surface area contributed by atoms with Crippen LogP contribution in [-0.4, -0.2) is 62.5 Å². The largest absolute Gasteiger partial charge is 0.493 e. The molecule has 0 radical (unpaired) electrons. The molecule has 2 fully saturated rings. The number of fused-ring (bicyclic) bond motifs is 1. The van der Waals surface area contributed by atoms with Gasteiger partial charge in [-0.2, -0.15) is 0 Å². The Labute approximate surface area is 218 Å². The molecule has 2 spiro atoms. The van der Waals surface area contributed by atoms with E-state index in [1.165, 1.54) is 16.7 Å². The first kappa shape index (κ1) is 23.3. The van der Waals surface area contributed by atoms with E-state index < -0.39 is 11.5 Å². The zero-order chi connectivity index (χ0) is 25.4. The minimum atomic E-state index is -0.872. The van der Waals surface area contributed by atoms with Crippen molar-refractivity contribution >= 4 is 5.97 Å². The van der Waals surface area contributed by atoms with Gasteiger partial charge in [-0.1, -0.05) is 48.6 Å². The SMILES string of the molecule is CCOC(=O)[C@H]1C[C@@]23C=C[C@]1(OC)C1Oc4c(OC)ccc5c4[C@@]12CCN(CCc1ccccc1)[C@@H]3C5. The van der Waals surface area contributed by atoms with Gasteiger partial charge in [-0.15, -0.1) is 0 Å². The fourth-order valence-electron chi connectivity index (χ4n) is 8.77. The number of benzene rings is 2. The highest BCUT2D eigenvalue weighted by Crippen LogP contribution is 2.74. The number of nitrogens with zero attached hydrogens (tertiary/aromatic N) is 1. The Kier molecular flexibility index (Phi) is 5.09. The number of carbonyl (C=O) groups excluding carboxylic acids is 1. The first-order valence-electron chi connectivity index (χ1n) is 13.6. The van der Waals surface area contributed by atoms with Gasteiger partial charge < -0.3 is 18.9 Å². The van der Waals surface area contributed by atoms with Crippen molar-refractivity contribution in [3.05, 3.63) is 71.3 Å². The third-order valence-corrected chi connectivity index (χ3v) is 10.2. The molecule has 6 heteroatoms. The lowest BCUT2D eigenvalue weighted by molar-refractivity contribution is -0.223. The normalized spacial score (nSPS) is 36.1. The van der Waals surface area contributed by atoms with Gasteiger partial charge in [0.25, 0.3) is 0 Å². The summed E-state index contributed by atoms with van der Waals surface area (Å²) in [7, 11) is 3.42. The van der Waals surface area contributed by atoms with Crippen LogP contribution in [0.25, 0.3) is 0 Å². The van der Waals surface area contributed by atoms with E-state index in [0.29, 0.717) is 13.0 Å². The fourth-order valence-corrected chi connectivity index (χ4v) is 8.77. The minimum Gasteiger partial charge on any atom is -0.493 e. The average Bonchev–Trinajstić information content (AvgIpc) is 3.30. The summed E-state index contributed by atoms with van der Waals surface area (Å²) in [6.07, 6.45) is 7.86. The molecular weight excluding hydrogens is 466 g/mol. The Balaban J connectivity index is 1.39. The van der Waals surface area contributed by atoms with Crippen LogP contribution in [0.15, 0.2) is 54.6 Å². The van der Waals surface area contributed by atoms with Crippen LogP contribution in [0, 0.1) is 11.3 Å². The van der Waals surface area contributed by atoms with Gasteiger partial charge >= 0.3 is 5.97 Å². The Hall–Kier alpha value is -2.83. The maximum Gasteiger partial charge on any atom is 0.312 e. The maximum absolute atomic E-state index is 13.5. The van der Waals surface area contributed by atoms with Crippen molar-refractivity contribution in [1.29, 1.82) is 0 Å². The van der Waals surface area contributed by atoms with Crippen LogP contribution in [0.2, 0.25) is 0 Å². The van der Waals surface area contributed by atoms with Gasteiger partial charge in [0.1, 0.15) is 11.7 Å².